The van der Waals surface area contributed by atoms with Crippen molar-refractivity contribution in [2.24, 2.45) is 0 Å². The first kappa shape index (κ1) is 21.4. The van der Waals surface area contributed by atoms with E-state index < -0.39 is 0 Å². The predicted octanol–water partition coefficient (Wildman–Crippen LogP) is 3.48. The molecular weight excluding hydrogens is 374 g/mol. The lowest BCUT2D eigenvalue weighted by molar-refractivity contribution is -0.119. The first-order chi connectivity index (χ1) is 13.6. The summed E-state index contributed by atoms with van der Waals surface area (Å²) < 4.78 is 5.69. The van der Waals surface area contributed by atoms with E-state index in [0.29, 0.717) is 24.3 Å². The van der Waals surface area contributed by atoms with E-state index in [1.165, 1.54) is 0 Å². The third-order valence-electron chi connectivity index (χ3n) is 3.91. The molecule has 3 N–H and O–H groups in total. The summed E-state index contributed by atoms with van der Waals surface area (Å²) in [6.07, 6.45) is 3.27. The molecule has 7 heteroatoms. The summed E-state index contributed by atoms with van der Waals surface area (Å²) in [5.41, 5.74) is 6.50. The van der Waals surface area contributed by atoms with E-state index in [1.54, 1.807) is 24.3 Å². The minimum atomic E-state index is -0.364. The van der Waals surface area contributed by atoms with Gasteiger partial charge in [0.25, 0.3) is 5.91 Å². The second kappa shape index (κ2) is 11.7. The highest BCUT2D eigenvalue weighted by Crippen LogP contribution is 2.14. The molecule has 6 nitrogen and oxygen atoms in total. The minimum Gasteiger partial charge on any atom is -0.489 e. The molecule has 0 aliphatic rings. The third-order valence-corrected chi connectivity index (χ3v) is 4.12. The minimum absolute atomic E-state index is 0.0673. The molecule has 2 aromatic carbocycles. The number of amides is 2. The summed E-state index contributed by atoms with van der Waals surface area (Å²) in [5, 5.41) is 2.60. The van der Waals surface area contributed by atoms with Crippen LogP contribution in [0.2, 0.25) is 0 Å². The van der Waals surface area contributed by atoms with Gasteiger partial charge in [0.1, 0.15) is 12.4 Å². The Hall–Kier alpha value is -2.93. The van der Waals surface area contributed by atoms with E-state index >= 15 is 0 Å². The lowest BCUT2D eigenvalue weighted by Crippen LogP contribution is -2.48. The van der Waals surface area contributed by atoms with Gasteiger partial charge in [0, 0.05) is 12.0 Å². The lowest BCUT2D eigenvalue weighted by atomic mass is 10.2. The first-order valence-corrected chi connectivity index (χ1v) is 9.66. The van der Waals surface area contributed by atoms with Crippen molar-refractivity contribution in [1.29, 1.82) is 0 Å². The number of carbonyl (C=O) groups is 2. The van der Waals surface area contributed by atoms with Crippen LogP contribution in [-0.4, -0.2) is 16.9 Å². The van der Waals surface area contributed by atoms with Crippen molar-refractivity contribution >= 4 is 29.1 Å². The second-order valence-electron chi connectivity index (χ2n) is 6.21. The van der Waals surface area contributed by atoms with Crippen molar-refractivity contribution in [3.63, 3.8) is 0 Å². The van der Waals surface area contributed by atoms with Gasteiger partial charge in [-0.05, 0) is 48.5 Å². The summed E-state index contributed by atoms with van der Waals surface area (Å²) >= 11 is 5.00. The molecule has 0 aliphatic carbocycles. The lowest BCUT2D eigenvalue weighted by Gasteiger charge is -2.11. The van der Waals surface area contributed by atoms with Crippen molar-refractivity contribution in [2.45, 2.75) is 39.2 Å². The van der Waals surface area contributed by atoms with E-state index in [1.807, 2.05) is 30.3 Å². The van der Waals surface area contributed by atoms with Gasteiger partial charge in [-0.1, -0.05) is 50.1 Å². The van der Waals surface area contributed by atoms with Crippen LogP contribution in [0.15, 0.2) is 54.6 Å². The maximum Gasteiger partial charge on any atom is 0.269 e. The molecule has 148 valence electrons. The molecule has 0 radical (unpaired) electrons. The van der Waals surface area contributed by atoms with Crippen molar-refractivity contribution in [3.8, 4) is 5.75 Å². The van der Waals surface area contributed by atoms with Gasteiger partial charge in [-0.2, -0.15) is 0 Å². The molecule has 0 heterocycles. The van der Waals surface area contributed by atoms with Crippen LogP contribution in [0, 0.1) is 0 Å². The number of ether oxygens (including phenoxy) is 1. The topological polar surface area (TPSA) is 79.5 Å². The van der Waals surface area contributed by atoms with Crippen molar-refractivity contribution < 1.29 is 14.3 Å². The fourth-order valence-corrected chi connectivity index (χ4v) is 2.55. The summed E-state index contributed by atoms with van der Waals surface area (Å²) in [4.78, 5) is 23.8. The second-order valence-corrected chi connectivity index (χ2v) is 6.62. The quantitative estimate of drug-likeness (QED) is 0.360. The molecule has 0 atom stereocenters. The normalized spacial score (nSPS) is 10.0. The molecule has 28 heavy (non-hydrogen) atoms. The fourth-order valence-electron chi connectivity index (χ4n) is 2.39. The summed E-state index contributed by atoms with van der Waals surface area (Å²) in [7, 11) is 0. The predicted molar refractivity (Wildman–Crippen MR) is 113 cm³/mol. The number of hydrazine groups is 1. The molecule has 2 amide bonds. The smallest absolute Gasteiger partial charge is 0.269 e. The van der Waals surface area contributed by atoms with Gasteiger partial charge < -0.3 is 10.1 Å². The molecular formula is C21H25N3O3S. The summed E-state index contributed by atoms with van der Waals surface area (Å²) in [6.45, 7) is 2.53. The molecule has 0 aliphatic heterocycles. The number of hydrogen-bond donors (Lipinski definition) is 3. The molecule has 0 saturated heterocycles. The zero-order valence-corrected chi connectivity index (χ0v) is 16.7. The highest BCUT2D eigenvalue weighted by molar-refractivity contribution is 7.80. The number of unbranched alkanes of at least 4 members (excludes halogenated alkanes) is 2. The van der Waals surface area contributed by atoms with E-state index in [0.717, 1.165) is 24.8 Å². The van der Waals surface area contributed by atoms with Crippen LogP contribution < -0.4 is 20.9 Å². The van der Waals surface area contributed by atoms with E-state index in [-0.39, 0.29) is 16.9 Å². The van der Waals surface area contributed by atoms with E-state index in [9.17, 15) is 9.59 Å². The Balaban J connectivity index is 1.73. The van der Waals surface area contributed by atoms with Crippen LogP contribution in [0.1, 0.15) is 48.5 Å². The number of rotatable bonds is 8. The Kier molecular flexibility index (Phi) is 8.94. The molecule has 0 unspecified atom stereocenters. The Bertz CT molecular complexity index is 779. The maximum absolute atomic E-state index is 12.1. The van der Waals surface area contributed by atoms with Gasteiger partial charge in [-0.15, -0.1) is 0 Å². The van der Waals surface area contributed by atoms with E-state index in [4.69, 9.17) is 17.0 Å². The number of nitrogens with one attached hydrogen (secondary N) is 3. The van der Waals surface area contributed by atoms with Crippen molar-refractivity contribution in [1.82, 2.24) is 16.2 Å². The summed E-state index contributed by atoms with van der Waals surface area (Å²) in [5.74, 6) is 0.139. The van der Waals surface area contributed by atoms with Gasteiger partial charge in [0.15, 0.2) is 5.11 Å². The number of benzene rings is 2. The largest absolute Gasteiger partial charge is 0.489 e. The highest BCUT2D eigenvalue weighted by Gasteiger charge is 2.08. The SMILES string of the molecule is CCCCCC(=O)NC(=S)NNC(=O)c1ccc(OCc2ccccc2)cc1. The monoisotopic (exact) mass is 399 g/mol. The third kappa shape index (κ3) is 7.75. The van der Waals surface area contributed by atoms with Gasteiger partial charge in [-0.3, -0.25) is 20.4 Å². The Morgan fingerprint density at radius 1 is 0.964 bits per heavy atom. The maximum atomic E-state index is 12.1. The Morgan fingerprint density at radius 3 is 2.36 bits per heavy atom. The Morgan fingerprint density at radius 2 is 1.68 bits per heavy atom. The average molecular weight is 400 g/mol. The first-order valence-electron chi connectivity index (χ1n) is 9.25. The van der Waals surface area contributed by atoms with Crippen LogP contribution >= 0.6 is 12.2 Å². The zero-order chi connectivity index (χ0) is 20.2. The van der Waals surface area contributed by atoms with E-state index in [2.05, 4.69) is 23.1 Å². The molecule has 0 aromatic heterocycles. The highest BCUT2D eigenvalue weighted by atomic mass is 32.1. The van der Waals surface area contributed by atoms with Crippen LogP contribution in [0.25, 0.3) is 0 Å². The van der Waals surface area contributed by atoms with Crippen molar-refractivity contribution in [3.05, 3.63) is 65.7 Å². The standard InChI is InChI=1S/C21H25N3O3S/c1-2-3-5-10-19(25)22-21(28)24-23-20(26)17-11-13-18(14-12-17)27-15-16-8-6-4-7-9-16/h4,6-9,11-14H,2-3,5,10,15H2,1H3,(H,23,26)(H2,22,24,25,28). The fraction of sp³-hybridized carbons (Fsp3) is 0.286. The van der Waals surface area contributed by atoms with Gasteiger partial charge in [0.2, 0.25) is 5.91 Å². The van der Waals surface area contributed by atoms with Crippen LogP contribution in [-0.2, 0) is 11.4 Å². The molecule has 0 spiro atoms. The number of thiocarbonyl (C=S) groups is 1. The van der Waals surface area contributed by atoms with Crippen LogP contribution in [0.3, 0.4) is 0 Å². The molecule has 0 saturated carbocycles. The molecule has 2 rings (SSSR count). The van der Waals surface area contributed by atoms with Gasteiger partial charge in [0.05, 0.1) is 0 Å². The molecule has 2 aromatic rings. The average Bonchev–Trinajstić information content (AvgIpc) is 2.72. The van der Waals surface area contributed by atoms with Crippen LogP contribution in [0.5, 0.6) is 5.75 Å². The number of carbonyl (C=O) groups excluding carboxylic acids is 2. The zero-order valence-electron chi connectivity index (χ0n) is 15.9. The number of hydrogen-bond acceptors (Lipinski definition) is 4. The Labute approximate surface area is 170 Å². The molecule has 0 fully saturated rings. The van der Waals surface area contributed by atoms with Gasteiger partial charge in [-0.25, -0.2) is 0 Å². The molecule has 0 bridgehead atoms. The van der Waals surface area contributed by atoms with Crippen LogP contribution in [0.4, 0.5) is 0 Å². The summed E-state index contributed by atoms with van der Waals surface area (Å²) in [6, 6.07) is 16.6. The van der Waals surface area contributed by atoms with Gasteiger partial charge >= 0.3 is 0 Å². The van der Waals surface area contributed by atoms with Crippen molar-refractivity contribution in [2.75, 3.05) is 0 Å².